The van der Waals surface area contributed by atoms with Gasteiger partial charge in [-0.15, -0.1) is 10.2 Å². The Labute approximate surface area is 138 Å². The molecular weight excluding hydrogens is 288 g/mol. The molecule has 0 unspecified atom stereocenters. The monoisotopic (exact) mass is 314 g/mol. The predicted molar refractivity (Wildman–Crippen MR) is 89.9 cm³/mol. The van der Waals surface area contributed by atoms with Crippen LogP contribution in [0.1, 0.15) is 36.0 Å². The Balaban J connectivity index is 1.68. The van der Waals surface area contributed by atoms with Gasteiger partial charge in [0.25, 0.3) is 0 Å². The van der Waals surface area contributed by atoms with Crippen LogP contribution in [0.2, 0.25) is 0 Å². The van der Waals surface area contributed by atoms with E-state index in [9.17, 15) is 0 Å². The zero-order valence-corrected chi connectivity index (χ0v) is 14.3. The Bertz CT molecular complexity index is 621. The lowest BCUT2D eigenvalue weighted by Gasteiger charge is -2.32. The summed E-state index contributed by atoms with van der Waals surface area (Å²) in [6, 6.07) is 4.15. The normalized spacial score (nSPS) is 19.4. The highest BCUT2D eigenvalue weighted by molar-refractivity contribution is 5.09. The van der Waals surface area contributed by atoms with E-state index in [4.69, 9.17) is 0 Å². The van der Waals surface area contributed by atoms with E-state index >= 15 is 0 Å². The van der Waals surface area contributed by atoms with E-state index in [1.54, 1.807) is 0 Å². The topological polar surface area (TPSA) is 50.1 Å². The number of nitrogens with zero attached hydrogens (tertiary/aromatic N) is 6. The van der Waals surface area contributed by atoms with Crippen molar-refractivity contribution in [3.63, 3.8) is 0 Å². The van der Waals surface area contributed by atoms with Crippen molar-refractivity contribution in [2.45, 2.75) is 31.8 Å². The zero-order chi connectivity index (χ0) is 16.2. The Hall–Kier alpha value is -1.79. The Kier molecular flexibility index (Phi) is 5.03. The van der Waals surface area contributed by atoms with Crippen LogP contribution in [0.25, 0.3) is 0 Å². The molecule has 0 aromatic carbocycles. The summed E-state index contributed by atoms with van der Waals surface area (Å²) in [6.45, 7) is 3.99. The first kappa shape index (κ1) is 16.1. The van der Waals surface area contributed by atoms with Crippen LogP contribution in [0.4, 0.5) is 0 Å². The molecule has 6 heteroatoms. The minimum atomic E-state index is 0.467. The Morgan fingerprint density at radius 2 is 2.17 bits per heavy atom. The summed E-state index contributed by atoms with van der Waals surface area (Å²) in [4.78, 5) is 8.85. The first-order valence-corrected chi connectivity index (χ1v) is 8.27. The fraction of sp³-hybridized carbons (Fsp3) is 0.588. The van der Waals surface area contributed by atoms with Crippen molar-refractivity contribution in [2.75, 3.05) is 27.2 Å². The standard InChI is InChI=1S/C17H26N6/c1-21(2)13-16-19-20-17(22(16)3)15-7-5-9-23(12-15)11-14-6-4-8-18-10-14/h4,6,8,10,15H,5,7,9,11-13H2,1-3H3/t15-/m1/s1. The minimum Gasteiger partial charge on any atom is -0.317 e. The summed E-state index contributed by atoms with van der Waals surface area (Å²) < 4.78 is 2.18. The second kappa shape index (κ2) is 7.19. The SMILES string of the molecule is CN(C)Cc1nnc([C@@H]2CCCN(Cc3cccnc3)C2)n1C. The molecule has 23 heavy (non-hydrogen) atoms. The van der Waals surface area contributed by atoms with Gasteiger partial charge in [0.2, 0.25) is 0 Å². The Morgan fingerprint density at radius 3 is 2.91 bits per heavy atom. The van der Waals surface area contributed by atoms with Gasteiger partial charge in [0.15, 0.2) is 0 Å². The van der Waals surface area contributed by atoms with Crippen LogP contribution < -0.4 is 0 Å². The molecule has 3 heterocycles. The molecule has 0 radical (unpaired) electrons. The van der Waals surface area contributed by atoms with E-state index in [1.165, 1.54) is 18.4 Å². The summed E-state index contributed by atoms with van der Waals surface area (Å²) in [7, 11) is 6.21. The number of likely N-dealkylation sites (tertiary alicyclic amines) is 1. The molecule has 0 amide bonds. The molecule has 1 atom stereocenters. The molecule has 0 saturated carbocycles. The van der Waals surface area contributed by atoms with Crippen LogP contribution in [0.5, 0.6) is 0 Å². The van der Waals surface area contributed by atoms with Crippen molar-refractivity contribution in [3.8, 4) is 0 Å². The van der Waals surface area contributed by atoms with Crippen LogP contribution in [0.3, 0.4) is 0 Å². The van der Waals surface area contributed by atoms with Gasteiger partial charge in [-0.1, -0.05) is 6.07 Å². The van der Waals surface area contributed by atoms with Crippen molar-refractivity contribution < 1.29 is 0 Å². The summed E-state index contributed by atoms with van der Waals surface area (Å²) >= 11 is 0. The van der Waals surface area contributed by atoms with Gasteiger partial charge in [0.1, 0.15) is 11.6 Å². The van der Waals surface area contributed by atoms with Crippen LogP contribution in [0.15, 0.2) is 24.5 Å². The van der Waals surface area contributed by atoms with Crippen molar-refractivity contribution >= 4 is 0 Å². The maximum Gasteiger partial charge on any atom is 0.146 e. The molecule has 1 fully saturated rings. The first-order chi connectivity index (χ1) is 11.1. The highest BCUT2D eigenvalue weighted by atomic mass is 15.3. The molecule has 1 aliphatic heterocycles. The van der Waals surface area contributed by atoms with E-state index in [1.807, 2.05) is 18.5 Å². The lowest BCUT2D eigenvalue weighted by atomic mass is 9.97. The largest absolute Gasteiger partial charge is 0.317 e. The maximum atomic E-state index is 4.48. The van der Waals surface area contributed by atoms with E-state index in [0.29, 0.717) is 5.92 Å². The number of hydrogen-bond donors (Lipinski definition) is 0. The third kappa shape index (κ3) is 3.95. The van der Waals surface area contributed by atoms with E-state index in [-0.39, 0.29) is 0 Å². The highest BCUT2D eigenvalue weighted by Crippen LogP contribution is 2.26. The molecule has 0 aliphatic carbocycles. The summed E-state index contributed by atoms with van der Waals surface area (Å²) in [6.07, 6.45) is 6.19. The van der Waals surface area contributed by atoms with E-state index in [2.05, 4.69) is 56.8 Å². The lowest BCUT2D eigenvalue weighted by Crippen LogP contribution is -2.35. The maximum absolute atomic E-state index is 4.48. The smallest absolute Gasteiger partial charge is 0.146 e. The van der Waals surface area contributed by atoms with Gasteiger partial charge in [-0.2, -0.15) is 0 Å². The van der Waals surface area contributed by atoms with E-state index in [0.717, 1.165) is 37.8 Å². The van der Waals surface area contributed by atoms with Gasteiger partial charge < -0.3 is 9.47 Å². The fourth-order valence-corrected chi connectivity index (χ4v) is 3.31. The van der Waals surface area contributed by atoms with E-state index < -0.39 is 0 Å². The van der Waals surface area contributed by atoms with Crippen LogP contribution in [-0.2, 0) is 20.1 Å². The van der Waals surface area contributed by atoms with Crippen molar-refractivity contribution in [1.82, 2.24) is 29.5 Å². The highest BCUT2D eigenvalue weighted by Gasteiger charge is 2.26. The summed E-state index contributed by atoms with van der Waals surface area (Å²) in [5.41, 5.74) is 1.28. The van der Waals surface area contributed by atoms with Crippen LogP contribution >= 0.6 is 0 Å². The average molecular weight is 314 g/mol. The predicted octanol–water partition coefficient (Wildman–Crippen LogP) is 1.65. The summed E-state index contributed by atoms with van der Waals surface area (Å²) in [5.74, 6) is 2.63. The van der Waals surface area contributed by atoms with Crippen LogP contribution in [-0.4, -0.2) is 56.7 Å². The third-order valence-electron chi connectivity index (χ3n) is 4.46. The number of piperidine rings is 1. The molecule has 2 aromatic heterocycles. The lowest BCUT2D eigenvalue weighted by molar-refractivity contribution is 0.194. The minimum absolute atomic E-state index is 0.467. The van der Waals surface area contributed by atoms with Gasteiger partial charge in [-0.3, -0.25) is 9.88 Å². The summed E-state index contributed by atoms with van der Waals surface area (Å²) in [5, 5.41) is 8.86. The first-order valence-electron chi connectivity index (χ1n) is 8.27. The second-order valence-electron chi connectivity index (χ2n) is 6.71. The number of rotatable bonds is 5. The zero-order valence-electron chi connectivity index (χ0n) is 14.3. The Morgan fingerprint density at radius 1 is 1.30 bits per heavy atom. The molecular formula is C17H26N6. The van der Waals surface area contributed by atoms with Gasteiger partial charge in [-0.25, -0.2) is 0 Å². The quantitative estimate of drug-likeness (QED) is 0.840. The van der Waals surface area contributed by atoms with Gasteiger partial charge in [0.05, 0.1) is 6.54 Å². The average Bonchev–Trinajstić information content (AvgIpc) is 2.89. The molecule has 1 saturated heterocycles. The number of hydrogen-bond acceptors (Lipinski definition) is 5. The second-order valence-corrected chi connectivity index (χ2v) is 6.71. The molecule has 2 aromatic rings. The fourth-order valence-electron chi connectivity index (χ4n) is 3.31. The molecule has 0 N–H and O–H groups in total. The number of pyridine rings is 1. The van der Waals surface area contributed by atoms with Gasteiger partial charge >= 0.3 is 0 Å². The molecule has 6 nitrogen and oxygen atoms in total. The van der Waals surface area contributed by atoms with Crippen molar-refractivity contribution in [2.24, 2.45) is 7.05 Å². The van der Waals surface area contributed by atoms with Crippen LogP contribution in [0, 0.1) is 0 Å². The third-order valence-corrected chi connectivity index (χ3v) is 4.46. The molecule has 3 rings (SSSR count). The number of aromatic nitrogens is 4. The molecule has 124 valence electrons. The molecule has 1 aliphatic rings. The van der Waals surface area contributed by atoms with Crippen molar-refractivity contribution in [3.05, 3.63) is 41.7 Å². The van der Waals surface area contributed by atoms with Gasteiger partial charge in [-0.05, 0) is 45.1 Å². The van der Waals surface area contributed by atoms with Gasteiger partial charge in [0, 0.05) is 38.4 Å². The van der Waals surface area contributed by atoms with Crippen molar-refractivity contribution in [1.29, 1.82) is 0 Å². The molecule has 0 bridgehead atoms. The molecule has 0 spiro atoms.